The number of carbonyl (C=O) groups excluding carboxylic acids is 1. The number of anilines is 1. The summed E-state index contributed by atoms with van der Waals surface area (Å²) in [4.78, 5) is 16.6. The predicted molar refractivity (Wildman–Crippen MR) is 92.3 cm³/mol. The summed E-state index contributed by atoms with van der Waals surface area (Å²) in [5.74, 6) is -0.428. The molecule has 0 heterocycles. The van der Waals surface area contributed by atoms with Crippen LogP contribution in [-0.4, -0.2) is 20.9 Å². The first-order valence-corrected chi connectivity index (χ1v) is 8.94. The monoisotopic (exact) mass is 348 g/mol. The number of sulfonamides is 1. The van der Waals surface area contributed by atoms with Gasteiger partial charge in [0.15, 0.2) is 0 Å². The van der Waals surface area contributed by atoms with Gasteiger partial charge < -0.3 is 0 Å². The molecule has 0 saturated heterocycles. The van der Waals surface area contributed by atoms with Crippen LogP contribution in [0.5, 0.6) is 0 Å². The van der Waals surface area contributed by atoms with Gasteiger partial charge in [0.2, 0.25) is 0 Å². The summed E-state index contributed by atoms with van der Waals surface area (Å²) in [6, 6.07) is 11.0. The number of hydrogen-bond donors (Lipinski definition) is 2. The number of aryl methyl sites for hydroxylation is 2. The van der Waals surface area contributed by atoms with Crippen molar-refractivity contribution in [2.24, 2.45) is 0 Å². The highest BCUT2D eigenvalue weighted by atomic mass is 32.2. The second-order valence-corrected chi connectivity index (χ2v) is 6.98. The van der Waals surface area contributed by atoms with Gasteiger partial charge in [-0.1, -0.05) is 6.07 Å². The summed E-state index contributed by atoms with van der Waals surface area (Å²) >= 11 is 0. The van der Waals surface area contributed by atoms with Gasteiger partial charge in [-0.15, -0.1) is 0 Å². The van der Waals surface area contributed by atoms with Crippen LogP contribution in [0, 0.1) is 13.8 Å². The molecule has 0 aromatic heterocycles. The van der Waals surface area contributed by atoms with Crippen molar-refractivity contribution >= 4 is 21.6 Å². The number of nitrogens with one attached hydrogen (secondary N) is 2. The number of amides is 1. The first kappa shape index (κ1) is 18.0. The summed E-state index contributed by atoms with van der Waals surface area (Å²) < 4.78 is 27.4. The predicted octanol–water partition coefficient (Wildman–Crippen LogP) is 2.79. The lowest BCUT2D eigenvalue weighted by Gasteiger charge is -2.10. The molecule has 24 heavy (non-hydrogen) atoms. The Bertz CT molecular complexity index is 830. The molecule has 0 aliphatic carbocycles. The molecule has 0 radical (unpaired) electrons. The molecule has 2 N–H and O–H groups in total. The fourth-order valence-electron chi connectivity index (χ4n) is 2.00. The Kier molecular flexibility index (Phi) is 5.58. The van der Waals surface area contributed by atoms with Crippen LogP contribution in [0.3, 0.4) is 0 Å². The molecule has 0 aliphatic heterocycles. The lowest BCUT2D eigenvalue weighted by atomic mass is 10.1. The zero-order chi connectivity index (χ0) is 17.7. The van der Waals surface area contributed by atoms with Crippen LogP contribution in [-0.2, 0) is 14.9 Å². The number of hydroxylamine groups is 1. The van der Waals surface area contributed by atoms with Crippen LogP contribution in [0.15, 0.2) is 47.4 Å². The average molecular weight is 348 g/mol. The minimum absolute atomic E-state index is 0.0775. The van der Waals surface area contributed by atoms with Crippen LogP contribution in [0.4, 0.5) is 5.69 Å². The Balaban J connectivity index is 2.17. The van der Waals surface area contributed by atoms with E-state index in [1.807, 2.05) is 19.9 Å². The third kappa shape index (κ3) is 4.33. The van der Waals surface area contributed by atoms with Crippen molar-refractivity contribution in [3.05, 3.63) is 59.2 Å². The molecule has 2 rings (SSSR count). The van der Waals surface area contributed by atoms with Gasteiger partial charge in [-0.25, -0.2) is 13.9 Å². The maximum atomic E-state index is 12.4. The van der Waals surface area contributed by atoms with Crippen molar-refractivity contribution in [2.45, 2.75) is 25.7 Å². The number of benzene rings is 2. The minimum Gasteiger partial charge on any atom is -0.280 e. The van der Waals surface area contributed by atoms with Crippen LogP contribution < -0.4 is 10.2 Å². The van der Waals surface area contributed by atoms with Crippen molar-refractivity contribution in [3.8, 4) is 0 Å². The van der Waals surface area contributed by atoms with Gasteiger partial charge in [0.1, 0.15) is 0 Å². The quantitative estimate of drug-likeness (QED) is 0.786. The largest absolute Gasteiger partial charge is 0.280 e. The molecule has 0 bridgehead atoms. The molecule has 0 unspecified atom stereocenters. The molecular weight excluding hydrogens is 328 g/mol. The standard InChI is InChI=1S/C17H20N2O4S/c1-4-23-18-17(20)14-6-9-16(10-7-14)24(21,22)19-15-8-5-12(2)13(3)11-15/h5-11,19H,4H2,1-3H3,(H,18,20). The van der Waals surface area contributed by atoms with Crippen molar-refractivity contribution in [2.75, 3.05) is 11.3 Å². The lowest BCUT2D eigenvalue weighted by Crippen LogP contribution is -2.23. The third-order valence-electron chi connectivity index (χ3n) is 3.50. The Morgan fingerprint density at radius 3 is 2.29 bits per heavy atom. The first-order chi connectivity index (χ1) is 11.3. The molecule has 7 heteroatoms. The fraction of sp³-hybridized carbons (Fsp3) is 0.235. The van der Waals surface area contributed by atoms with Gasteiger partial charge in [-0.3, -0.25) is 14.4 Å². The molecule has 2 aromatic carbocycles. The SMILES string of the molecule is CCONC(=O)c1ccc(S(=O)(=O)Nc2ccc(C)c(C)c2)cc1. The van der Waals surface area contributed by atoms with E-state index in [0.29, 0.717) is 17.9 Å². The van der Waals surface area contributed by atoms with Gasteiger partial charge in [0.05, 0.1) is 11.5 Å². The molecule has 0 spiro atoms. The van der Waals surface area contributed by atoms with E-state index in [1.54, 1.807) is 19.1 Å². The minimum atomic E-state index is -3.72. The van der Waals surface area contributed by atoms with Crippen LogP contribution in [0.1, 0.15) is 28.4 Å². The smallest absolute Gasteiger partial charge is 0.274 e. The second-order valence-electron chi connectivity index (χ2n) is 5.29. The Labute approximate surface area is 141 Å². The zero-order valence-electron chi connectivity index (χ0n) is 13.8. The van der Waals surface area contributed by atoms with Crippen LogP contribution in [0.2, 0.25) is 0 Å². The molecular formula is C17H20N2O4S. The van der Waals surface area contributed by atoms with E-state index in [2.05, 4.69) is 10.2 Å². The normalized spacial score (nSPS) is 11.1. The summed E-state index contributed by atoms with van der Waals surface area (Å²) in [5.41, 5.74) is 5.15. The van der Waals surface area contributed by atoms with Crippen molar-refractivity contribution < 1.29 is 18.0 Å². The molecule has 0 fully saturated rings. The summed E-state index contributed by atoms with van der Waals surface area (Å²) in [6.07, 6.45) is 0. The van der Waals surface area contributed by atoms with E-state index < -0.39 is 15.9 Å². The van der Waals surface area contributed by atoms with E-state index in [-0.39, 0.29) is 4.90 Å². The van der Waals surface area contributed by atoms with Crippen molar-refractivity contribution in [3.63, 3.8) is 0 Å². The Morgan fingerprint density at radius 2 is 1.71 bits per heavy atom. The highest BCUT2D eigenvalue weighted by Gasteiger charge is 2.15. The number of carbonyl (C=O) groups is 1. The lowest BCUT2D eigenvalue weighted by molar-refractivity contribution is 0.0364. The second kappa shape index (κ2) is 7.46. The molecule has 0 saturated carbocycles. The summed E-state index contributed by atoms with van der Waals surface area (Å²) in [7, 11) is -3.72. The molecule has 2 aromatic rings. The van der Waals surface area contributed by atoms with E-state index in [1.165, 1.54) is 24.3 Å². The van der Waals surface area contributed by atoms with Gasteiger partial charge in [-0.2, -0.15) is 0 Å². The van der Waals surface area contributed by atoms with Crippen LogP contribution >= 0.6 is 0 Å². The Hall–Kier alpha value is -2.38. The van der Waals surface area contributed by atoms with Gasteiger partial charge in [-0.05, 0) is 68.3 Å². The maximum absolute atomic E-state index is 12.4. The topological polar surface area (TPSA) is 84.5 Å². The average Bonchev–Trinajstić information content (AvgIpc) is 2.56. The van der Waals surface area contributed by atoms with Crippen molar-refractivity contribution in [1.82, 2.24) is 5.48 Å². The third-order valence-corrected chi connectivity index (χ3v) is 4.89. The van der Waals surface area contributed by atoms with Gasteiger partial charge in [0.25, 0.3) is 15.9 Å². The highest BCUT2D eigenvalue weighted by molar-refractivity contribution is 7.92. The molecule has 0 atom stereocenters. The van der Waals surface area contributed by atoms with Crippen LogP contribution in [0.25, 0.3) is 0 Å². The first-order valence-electron chi connectivity index (χ1n) is 7.46. The Morgan fingerprint density at radius 1 is 1.04 bits per heavy atom. The van der Waals surface area contributed by atoms with E-state index in [0.717, 1.165) is 11.1 Å². The number of rotatable bonds is 6. The van der Waals surface area contributed by atoms with Gasteiger partial charge in [0, 0.05) is 11.3 Å². The maximum Gasteiger partial charge on any atom is 0.274 e. The van der Waals surface area contributed by atoms with E-state index in [9.17, 15) is 13.2 Å². The van der Waals surface area contributed by atoms with Crippen molar-refractivity contribution in [1.29, 1.82) is 0 Å². The fourth-order valence-corrected chi connectivity index (χ4v) is 3.05. The van der Waals surface area contributed by atoms with Gasteiger partial charge >= 0.3 is 0 Å². The van der Waals surface area contributed by atoms with E-state index >= 15 is 0 Å². The molecule has 0 aliphatic rings. The molecule has 6 nitrogen and oxygen atoms in total. The van der Waals surface area contributed by atoms with E-state index in [4.69, 9.17) is 4.84 Å². The zero-order valence-corrected chi connectivity index (χ0v) is 14.6. The molecule has 1 amide bonds. The molecule has 128 valence electrons. The summed E-state index contributed by atoms with van der Waals surface area (Å²) in [6.45, 7) is 5.96. The summed E-state index contributed by atoms with van der Waals surface area (Å²) in [5, 5.41) is 0. The highest BCUT2D eigenvalue weighted by Crippen LogP contribution is 2.19. The number of hydrogen-bond acceptors (Lipinski definition) is 4.